The molecule has 1 aliphatic rings. The highest BCUT2D eigenvalue weighted by atomic mass is 32.2. The second kappa shape index (κ2) is 11.0. The van der Waals surface area contributed by atoms with Gasteiger partial charge >= 0.3 is 0 Å². The number of nitrogens with one attached hydrogen (secondary N) is 1. The maximum absolute atomic E-state index is 12.7. The second-order valence-corrected chi connectivity index (χ2v) is 10.8. The van der Waals surface area contributed by atoms with Crippen LogP contribution in [-0.2, 0) is 21.4 Å². The summed E-state index contributed by atoms with van der Waals surface area (Å²) in [5.41, 5.74) is 1.08. The maximum atomic E-state index is 12.7. The summed E-state index contributed by atoms with van der Waals surface area (Å²) in [5, 5.41) is 3.06. The van der Waals surface area contributed by atoms with Crippen LogP contribution in [0.4, 0.5) is 0 Å². The van der Waals surface area contributed by atoms with E-state index in [4.69, 9.17) is 0 Å². The lowest BCUT2D eigenvalue weighted by Gasteiger charge is -2.30. The fraction of sp³-hybridized carbons (Fsp3) is 0.435. The van der Waals surface area contributed by atoms with Gasteiger partial charge in [0.15, 0.2) is 0 Å². The molecule has 0 aliphatic carbocycles. The molecule has 1 saturated heterocycles. The Labute approximate surface area is 184 Å². The van der Waals surface area contributed by atoms with Gasteiger partial charge in [0.1, 0.15) is 0 Å². The number of amides is 1. The first kappa shape index (κ1) is 22.8. The average Bonchev–Trinajstić information content (AvgIpc) is 2.78. The Hall–Kier alpha value is -1.83. The fourth-order valence-electron chi connectivity index (χ4n) is 3.54. The molecule has 30 heavy (non-hydrogen) atoms. The van der Waals surface area contributed by atoms with Crippen molar-refractivity contribution in [2.75, 3.05) is 18.8 Å². The van der Waals surface area contributed by atoms with Crippen molar-refractivity contribution in [1.29, 1.82) is 0 Å². The number of carbonyl (C=O) groups excluding carboxylic acids is 1. The van der Waals surface area contributed by atoms with Gasteiger partial charge in [0, 0.05) is 35.3 Å². The van der Waals surface area contributed by atoms with Crippen LogP contribution in [0.2, 0.25) is 0 Å². The van der Waals surface area contributed by atoms with E-state index in [2.05, 4.69) is 23.5 Å². The number of nitrogens with zero attached hydrogens (tertiary/aromatic N) is 1. The molecule has 0 radical (unpaired) electrons. The highest BCUT2D eigenvalue weighted by Gasteiger charge is 2.30. The van der Waals surface area contributed by atoms with E-state index in [-0.39, 0.29) is 17.6 Å². The van der Waals surface area contributed by atoms with Crippen molar-refractivity contribution >= 4 is 27.7 Å². The van der Waals surface area contributed by atoms with Crippen molar-refractivity contribution in [3.8, 4) is 0 Å². The molecule has 2 aromatic carbocycles. The smallest absolute Gasteiger partial charge is 0.223 e. The molecule has 1 N–H and O–H groups in total. The zero-order valence-electron chi connectivity index (χ0n) is 17.4. The van der Waals surface area contributed by atoms with Crippen LogP contribution < -0.4 is 5.32 Å². The molecule has 0 bridgehead atoms. The molecule has 5 nitrogen and oxygen atoms in total. The van der Waals surface area contributed by atoms with Gasteiger partial charge in [-0.2, -0.15) is 0 Å². The van der Waals surface area contributed by atoms with Gasteiger partial charge in [-0.3, -0.25) is 4.79 Å². The number of rotatable bonds is 9. The van der Waals surface area contributed by atoms with Crippen molar-refractivity contribution in [3.63, 3.8) is 0 Å². The molecule has 0 atom stereocenters. The number of unbranched alkanes of at least 4 members (excludes halogenated alkanes) is 1. The number of sulfonamides is 1. The number of carbonyl (C=O) groups is 1. The van der Waals surface area contributed by atoms with E-state index in [1.54, 1.807) is 16.1 Å². The summed E-state index contributed by atoms with van der Waals surface area (Å²) in [5.74, 6) is 0.0904. The molecule has 1 aliphatic heterocycles. The van der Waals surface area contributed by atoms with Crippen molar-refractivity contribution in [3.05, 3.63) is 60.2 Å². The minimum Gasteiger partial charge on any atom is -0.352 e. The lowest BCUT2D eigenvalue weighted by molar-refractivity contribution is -0.126. The summed E-state index contributed by atoms with van der Waals surface area (Å²) in [7, 11) is -3.19. The predicted molar refractivity (Wildman–Crippen MR) is 122 cm³/mol. The minimum absolute atomic E-state index is 0.0140. The largest absolute Gasteiger partial charge is 0.352 e. The van der Waals surface area contributed by atoms with Gasteiger partial charge in [-0.15, -0.1) is 0 Å². The highest BCUT2D eigenvalue weighted by molar-refractivity contribution is 7.99. The van der Waals surface area contributed by atoms with E-state index in [1.807, 2.05) is 43.3 Å². The highest BCUT2D eigenvalue weighted by Crippen LogP contribution is 2.30. The normalized spacial score (nSPS) is 15.8. The first-order chi connectivity index (χ1) is 14.5. The molecule has 2 aromatic rings. The third-order valence-electron chi connectivity index (χ3n) is 5.37. The fourth-order valence-corrected chi connectivity index (χ4v) is 6.19. The van der Waals surface area contributed by atoms with Gasteiger partial charge in [0.25, 0.3) is 0 Å². The van der Waals surface area contributed by atoms with Crippen LogP contribution in [0.25, 0.3) is 0 Å². The molecule has 0 spiro atoms. The summed E-state index contributed by atoms with van der Waals surface area (Å²) in [4.78, 5) is 15.0. The third-order valence-corrected chi connectivity index (χ3v) is 8.45. The minimum atomic E-state index is -3.19. The SMILES string of the molecule is CCCCS(=O)(=O)N1CCC(C(=O)NCc2ccccc2Sc2ccccc2)CC1. The van der Waals surface area contributed by atoms with E-state index < -0.39 is 10.0 Å². The number of hydrogen-bond acceptors (Lipinski definition) is 4. The maximum Gasteiger partial charge on any atom is 0.223 e. The number of hydrogen-bond donors (Lipinski definition) is 1. The molecule has 0 saturated carbocycles. The topological polar surface area (TPSA) is 66.5 Å². The van der Waals surface area contributed by atoms with Crippen LogP contribution in [-0.4, -0.2) is 37.5 Å². The number of piperidine rings is 1. The molecule has 7 heteroatoms. The van der Waals surface area contributed by atoms with E-state index in [1.165, 1.54) is 0 Å². The van der Waals surface area contributed by atoms with Crippen molar-refractivity contribution in [2.45, 2.75) is 48.9 Å². The Morgan fingerprint density at radius 2 is 1.73 bits per heavy atom. The Kier molecular flexibility index (Phi) is 8.36. The van der Waals surface area contributed by atoms with E-state index >= 15 is 0 Å². The molecular weight excluding hydrogens is 416 g/mol. The zero-order valence-corrected chi connectivity index (χ0v) is 19.1. The van der Waals surface area contributed by atoms with Gasteiger partial charge in [-0.1, -0.05) is 61.5 Å². The van der Waals surface area contributed by atoms with Crippen LogP contribution in [0, 0.1) is 5.92 Å². The van der Waals surface area contributed by atoms with Crippen LogP contribution in [0.1, 0.15) is 38.2 Å². The van der Waals surface area contributed by atoms with Crippen molar-refractivity contribution < 1.29 is 13.2 Å². The van der Waals surface area contributed by atoms with Crippen LogP contribution in [0.15, 0.2) is 64.4 Å². The van der Waals surface area contributed by atoms with Crippen molar-refractivity contribution in [2.24, 2.45) is 5.92 Å². The molecule has 1 fully saturated rings. The van der Waals surface area contributed by atoms with Crippen LogP contribution in [0.3, 0.4) is 0 Å². The first-order valence-corrected chi connectivity index (χ1v) is 13.0. The molecule has 3 rings (SSSR count). The predicted octanol–water partition coefficient (Wildman–Crippen LogP) is 4.30. The summed E-state index contributed by atoms with van der Waals surface area (Å²) in [6, 6.07) is 18.3. The van der Waals surface area contributed by atoms with Gasteiger partial charge < -0.3 is 5.32 Å². The third kappa shape index (κ3) is 6.33. The Morgan fingerprint density at radius 1 is 1.07 bits per heavy atom. The number of benzene rings is 2. The lowest BCUT2D eigenvalue weighted by atomic mass is 9.97. The summed E-state index contributed by atoms with van der Waals surface area (Å²) in [6.07, 6.45) is 2.71. The van der Waals surface area contributed by atoms with E-state index in [9.17, 15) is 13.2 Å². The molecule has 1 amide bonds. The van der Waals surface area contributed by atoms with Gasteiger partial charge in [0.2, 0.25) is 15.9 Å². The second-order valence-electron chi connectivity index (χ2n) is 7.58. The van der Waals surface area contributed by atoms with E-state index in [0.29, 0.717) is 38.9 Å². The molecular formula is C23H30N2O3S2. The lowest BCUT2D eigenvalue weighted by Crippen LogP contribution is -2.43. The standard InChI is InChI=1S/C23H30N2O3S2/c1-2-3-17-30(27,28)25-15-13-19(14-16-25)23(26)24-18-20-9-7-8-12-22(20)29-21-10-5-4-6-11-21/h4-12,19H,2-3,13-18H2,1H3,(H,24,26). The Bertz CT molecular complexity index is 924. The molecule has 0 unspecified atom stereocenters. The van der Waals surface area contributed by atoms with Gasteiger partial charge in [-0.25, -0.2) is 12.7 Å². The summed E-state index contributed by atoms with van der Waals surface area (Å²) >= 11 is 1.69. The summed E-state index contributed by atoms with van der Waals surface area (Å²) in [6.45, 7) is 3.33. The van der Waals surface area contributed by atoms with E-state index in [0.717, 1.165) is 21.8 Å². The molecule has 162 valence electrons. The Morgan fingerprint density at radius 3 is 2.43 bits per heavy atom. The monoisotopic (exact) mass is 446 g/mol. The van der Waals surface area contributed by atoms with Gasteiger partial charge in [0.05, 0.1) is 5.75 Å². The Balaban J connectivity index is 1.52. The van der Waals surface area contributed by atoms with Crippen LogP contribution >= 0.6 is 11.8 Å². The summed E-state index contributed by atoms with van der Waals surface area (Å²) < 4.78 is 26.2. The molecule has 1 heterocycles. The zero-order chi connectivity index (χ0) is 21.4. The molecule has 0 aromatic heterocycles. The average molecular weight is 447 g/mol. The van der Waals surface area contributed by atoms with Gasteiger partial charge in [-0.05, 0) is 43.0 Å². The quantitative estimate of drug-likeness (QED) is 0.624. The van der Waals surface area contributed by atoms with Crippen molar-refractivity contribution in [1.82, 2.24) is 9.62 Å². The van der Waals surface area contributed by atoms with Crippen LogP contribution in [0.5, 0.6) is 0 Å². The first-order valence-electron chi connectivity index (χ1n) is 10.6.